The predicted molar refractivity (Wildman–Crippen MR) is 75.4 cm³/mol. The third kappa shape index (κ3) is 5.51. The first-order valence-corrected chi connectivity index (χ1v) is 6.88. The number of hydrogen-bond donors (Lipinski definition) is 1. The summed E-state index contributed by atoms with van der Waals surface area (Å²) < 4.78 is 9.90. The molecule has 0 radical (unpaired) electrons. The molecule has 0 aliphatic heterocycles. The van der Waals surface area contributed by atoms with Gasteiger partial charge in [-0.1, -0.05) is 5.11 Å². The monoisotopic (exact) mass is 298 g/mol. The lowest BCUT2D eigenvalue weighted by Crippen LogP contribution is -2.48. The predicted octanol–water partition coefficient (Wildman–Crippen LogP) is 2.53. The Labute approximate surface area is 123 Å². The zero-order chi connectivity index (χ0) is 16.0. The van der Waals surface area contributed by atoms with Crippen molar-refractivity contribution in [2.75, 3.05) is 7.11 Å². The highest BCUT2D eigenvalue weighted by Gasteiger charge is 2.35. The fraction of sp³-hybridized carbons (Fsp3) is 0.846. The normalized spacial score (nSPS) is 25.4. The highest BCUT2D eigenvalue weighted by Crippen LogP contribution is 2.28. The van der Waals surface area contributed by atoms with E-state index in [1.165, 1.54) is 7.11 Å². The van der Waals surface area contributed by atoms with Crippen molar-refractivity contribution in [3.8, 4) is 0 Å². The number of carbonyl (C=O) groups excluding carboxylic acids is 2. The highest BCUT2D eigenvalue weighted by atomic mass is 16.6. The summed E-state index contributed by atoms with van der Waals surface area (Å²) in [6.07, 6.45) is 0.909. The van der Waals surface area contributed by atoms with Gasteiger partial charge in [-0.3, -0.25) is 4.79 Å². The van der Waals surface area contributed by atoms with Crippen molar-refractivity contribution in [2.45, 2.75) is 57.7 Å². The lowest BCUT2D eigenvalue weighted by molar-refractivity contribution is -0.146. The van der Waals surface area contributed by atoms with E-state index in [2.05, 4.69) is 15.3 Å². The third-order valence-corrected chi connectivity index (χ3v) is 3.25. The van der Waals surface area contributed by atoms with Gasteiger partial charge in [0.05, 0.1) is 19.1 Å². The number of nitrogens with zero attached hydrogens (tertiary/aromatic N) is 3. The lowest BCUT2D eigenvalue weighted by Gasteiger charge is -2.33. The van der Waals surface area contributed by atoms with Crippen molar-refractivity contribution < 1.29 is 19.1 Å². The van der Waals surface area contributed by atoms with Gasteiger partial charge in [0.25, 0.3) is 0 Å². The fourth-order valence-corrected chi connectivity index (χ4v) is 2.35. The van der Waals surface area contributed by atoms with Gasteiger partial charge in [0.15, 0.2) is 0 Å². The fourth-order valence-electron chi connectivity index (χ4n) is 2.35. The molecule has 1 aliphatic carbocycles. The third-order valence-electron chi connectivity index (χ3n) is 3.25. The summed E-state index contributed by atoms with van der Waals surface area (Å²) in [6, 6.07) is -0.822. The van der Waals surface area contributed by atoms with Crippen molar-refractivity contribution in [3.05, 3.63) is 10.4 Å². The van der Waals surface area contributed by atoms with E-state index in [4.69, 9.17) is 15.0 Å². The average Bonchev–Trinajstić information content (AvgIpc) is 2.38. The van der Waals surface area contributed by atoms with Gasteiger partial charge in [-0.15, -0.1) is 0 Å². The maximum Gasteiger partial charge on any atom is 0.407 e. The smallest absolute Gasteiger partial charge is 0.407 e. The van der Waals surface area contributed by atoms with Gasteiger partial charge in [-0.2, -0.15) is 0 Å². The Kier molecular flexibility index (Phi) is 5.84. The second kappa shape index (κ2) is 7.17. The molecule has 1 aliphatic rings. The molecule has 1 rings (SSSR count). The summed E-state index contributed by atoms with van der Waals surface area (Å²) in [4.78, 5) is 26.1. The number of carbonyl (C=O) groups is 2. The maximum atomic E-state index is 11.8. The molecule has 0 aromatic heterocycles. The van der Waals surface area contributed by atoms with Crippen LogP contribution in [0, 0.1) is 5.92 Å². The Morgan fingerprint density at radius 1 is 1.33 bits per heavy atom. The molecule has 0 saturated heterocycles. The van der Waals surface area contributed by atoms with E-state index in [-0.39, 0.29) is 17.9 Å². The van der Waals surface area contributed by atoms with Crippen LogP contribution in [0.2, 0.25) is 0 Å². The van der Waals surface area contributed by atoms with Gasteiger partial charge in [-0.05, 0) is 45.6 Å². The Hall–Kier alpha value is -1.95. The molecule has 0 spiro atoms. The minimum Gasteiger partial charge on any atom is -0.469 e. The average molecular weight is 298 g/mol. The molecule has 1 amide bonds. The zero-order valence-electron chi connectivity index (χ0n) is 12.8. The van der Waals surface area contributed by atoms with Crippen molar-refractivity contribution >= 4 is 12.1 Å². The number of alkyl carbamates (subject to hydrolysis) is 1. The van der Waals surface area contributed by atoms with E-state index in [0.717, 1.165) is 0 Å². The molecule has 0 unspecified atom stereocenters. The van der Waals surface area contributed by atoms with Crippen molar-refractivity contribution in [1.29, 1.82) is 0 Å². The second-order valence-electron chi connectivity index (χ2n) is 6.06. The minimum atomic E-state index is -0.596. The van der Waals surface area contributed by atoms with E-state index >= 15 is 0 Å². The van der Waals surface area contributed by atoms with Crippen LogP contribution in [0.4, 0.5) is 4.79 Å². The molecular formula is C13H22N4O4. The largest absolute Gasteiger partial charge is 0.469 e. The van der Waals surface area contributed by atoms with Gasteiger partial charge < -0.3 is 14.8 Å². The molecule has 0 bridgehead atoms. The number of nitrogens with one attached hydrogen (secondary N) is 1. The number of esters is 1. The van der Waals surface area contributed by atoms with Crippen molar-refractivity contribution in [1.82, 2.24) is 5.32 Å². The molecule has 0 aromatic rings. The summed E-state index contributed by atoms with van der Waals surface area (Å²) in [6.45, 7) is 5.31. The zero-order valence-corrected chi connectivity index (χ0v) is 12.8. The van der Waals surface area contributed by atoms with E-state index < -0.39 is 17.7 Å². The number of methoxy groups -OCH3 is 1. The summed E-state index contributed by atoms with van der Waals surface area (Å²) in [7, 11) is 1.33. The Balaban J connectivity index is 2.68. The first-order valence-electron chi connectivity index (χ1n) is 6.88. The van der Waals surface area contributed by atoms with E-state index in [9.17, 15) is 9.59 Å². The molecule has 21 heavy (non-hydrogen) atoms. The number of ether oxygens (including phenoxy) is 2. The second-order valence-corrected chi connectivity index (χ2v) is 6.06. The van der Waals surface area contributed by atoms with E-state index in [1.54, 1.807) is 20.8 Å². The summed E-state index contributed by atoms with van der Waals surface area (Å²) in [5.74, 6) is -0.619. The molecule has 1 N–H and O–H groups in total. The first kappa shape index (κ1) is 17.1. The van der Waals surface area contributed by atoms with Crippen LogP contribution in [-0.4, -0.2) is 36.9 Å². The molecule has 1 saturated carbocycles. The van der Waals surface area contributed by atoms with Crippen LogP contribution in [0.5, 0.6) is 0 Å². The Morgan fingerprint density at radius 2 is 2.00 bits per heavy atom. The van der Waals surface area contributed by atoms with Gasteiger partial charge in [0, 0.05) is 11.0 Å². The standard InChI is InChI=1S/C13H22N4O4/c1-13(2,3)21-12(19)15-9-6-5-8(11(18)20-4)7-10(9)16-17-14/h8-10H,5-7H2,1-4H3,(H,15,19)/t8-,9-,10-/m1/s1. The number of amides is 1. The number of azide groups is 1. The van der Waals surface area contributed by atoms with Gasteiger partial charge in [0.1, 0.15) is 5.60 Å². The molecular weight excluding hydrogens is 276 g/mol. The van der Waals surface area contributed by atoms with Crippen LogP contribution in [0.25, 0.3) is 10.4 Å². The molecule has 0 aromatic carbocycles. The molecule has 0 heterocycles. The lowest BCUT2D eigenvalue weighted by atomic mass is 9.82. The van der Waals surface area contributed by atoms with Crippen LogP contribution >= 0.6 is 0 Å². The van der Waals surface area contributed by atoms with Crippen LogP contribution in [0.3, 0.4) is 0 Å². The Morgan fingerprint density at radius 3 is 2.52 bits per heavy atom. The SMILES string of the molecule is COC(=O)[C@@H]1CC[C@@H](NC(=O)OC(C)(C)C)[C@H](N=[N+]=[N-])C1. The molecule has 3 atom stereocenters. The van der Waals surface area contributed by atoms with Gasteiger partial charge in [0.2, 0.25) is 0 Å². The number of hydrogen-bond acceptors (Lipinski definition) is 5. The first-order chi connectivity index (χ1) is 9.76. The molecule has 1 fully saturated rings. The minimum absolute atomic E-state index is 0.304. The molecule has 8 nitrogen and oxygen atoms in total. The summed E-state index contributed by atoms with van der Waals surface area (Å²) in [5.41, 5.74) is 8.04. The van der Waals surface area contributed by atoms with Crippen LogP contribution in [0.1, 0.15) is 40.0 Å². The topological polar surface area (TPSA) is 113 Å². The van der Waals surface area contributed by atoms with Crippen LogP contribution in [-0.2, 0) is 14.3 Å². The van der Waals surface area contributed by atoms with Crippen LogP contribution < -0.4 is 5.32 Å². The van der Waals surface area contributed by atoms with E-state index in [1.807, 2.05) is 0 Å². The summed E-state index contributed by atoms with van der Waals surface area (Å²) >= 11 is 0. The summed E-state index contributed by atoms with van der Waals surface area (Å²) in [5, 5.41) is 6.39. The molecule has 118 valence electrons. The van der Waals surface area contributed by atoms with Crippen LogP contribution in [0.15, 0.2) is 5.11 Å². The maximum absolute atomic E-state index is 11.8. The van der Waals surface area contributed by atoms with Crippen molar-refractivity contribution in [3.63, 3.8) is 0 Å². The van der Waals surface area contributed by atoms with E-state index in [0.29, 0.717) is 19.3 Å². The van der Waals surface area contributed by atoms with Gasteiger partial charge in [-0.25, -0.2) is 4.79 Å². The highest BCUT2D eigenvalue weighted by molar-refractivity contribution is 5.72. The quantitative estimate of drug-likeness (QED) is 0.373. The molecule has 8 heteroatoms. The van der Waals surface area contributed by atoms with Gasteiger partial charge >= 0.3 is 12.1 Å². The Bertz CT molecular complexity index is 440. The number of rotatable bonds is 3. The van der Waals surface area contributed by atoms with Crippen molar-refractivity contribution in [2.24, 2.45) is 11.0 Å².